The molecule has 3 amide bonds. The summed E-state index contributed by atoms with van der Waals surface area (Å²) in [5.74, 6) is 1.80. The second-order valence-electron chi connectivity index (χ2n) is 26.2. The first kappa shape index (κ1) is 92.9. The smallest absolute Gasteiger partial charge is 0.246 e. The van der Waals surface area contributed by atoms with Gasteiger partial charge in [-0.25, -0.2) is 4.98 Å². The number of nitrogens with zero attached hydrogens (tertiary/aromatic N) is 3. The van der Waals surface area contributed by atoms with Gasteiger partial charge in [-0.15, -0.1) is 30.8 Å². The van der Waals surface area contributed by atoms with Gasteiger partial charge in [0.05, 0.1) is 27.7 Å². The fraction of sp³-hybridized carbons (Fsp3) is 0.667. The highest BCUT2D eigenvalue weighted by Gasteiger charge is 2.42. The Morgan fingerprint density at radius 2 is 1.30 bits per heavy atom. The lowest BCUT2D eigenvalue weighted by Gasteiger charge is -2.35. The number of rotatable bonds is 24. The number of pyridine rings is 1. The average Bonchev–Trinajstić information content (AvgIpc) is 1.59. The van der Waals surface area contributed by atoms with E-state index in [2.05, 4.69) is 140 Å². The van der Waals surface area contributed by atoms with Gasteiger partial charge in [0.15, 0.2) is 11.6 Å². The lowest BCUT2D eigenvalue weighted by atomic mass is 9.85. The number of likely N-dealkylation sites (tertiary alicyclic amines) is 1. The Kier molecular flexibility index (Phi) is 56.5. The third kappa shape index (κ3) is 41.3. The molecular weight excluding hydrogens is 1150 g/mol. The van der Waals surface area contributed by atoms with Crippen molar-refractivity contribution in [3.63, 3.8) is 0 Å². The Morgan fingerprint density at radius 1 is 0.728 bits per heavy atom. The number of allylic oxidation sites excluding steroid dienone is 5. The van der Waals surface area contributed by atoms with Gasteiger partial charge in [-0.1, -0.05) is 250 Å². The van der Waals surface area contributed by atoms with Crippen LogP contribution in [0.5, 0.6) is 0 Å². The number of terminal acetylenes is 1. The van der Waals surface area contributed by atoms with Crippen molar-refractivity contribution in [1.82, 2.24) is 25.5 Å². The molecule has 10 nitrogen and oxygen atoms in total. The molecule has 11 heteroatoms. The maximum absolute atomic E-state index is 13.6. The van der Waals surface area contributed by atoms with E-state index in [4.69, 9.17) is 0 Å². The fourth-order valence-electron chi connectivity index (χ4n) is 9.62. The molecule has 5 rings (SSSR count). The van der Waals surface area contributed by atoms with E-state index in [9.17, 15) is 24.0 Å². The standard InChI is InChI=1S/C28H40N4O3S.C18H30O2.C8H18.C7H9N.2C6H12.C4H10.C2H6.C2H2/c1-7-8-11-23(33)31-25(28(4,5)6)27(35)32-16-9-10-22(32)26(34)30-18(2)20-12-14-21(15-13-20)24-19(3)29-17-36-24;1-8-12(4)11-16(10-3)14(6)17(15(7)19)18(20)13(5)9-2;1-4-6-7-8(3)5-2;1-6-3-4-7(2)8-5-6;1-6-4-2-3-5-6;1-4-5-6(2)3;1-3-4-2;2*1-2/h12-15,17-18,22,25H,7-11,16H2,1-6H3,(H,30,34)(H,31,33);11-13H,8-10H2,1-7H3;8H,4-7H2,1-3H3;3-5H,1-2H3;6H,2-5H2,1H3;2,4-5H2,1,3H3;3-4H2,1-2H3;1-2H3;1-2H/b;16-11+,17-14-;;;;;;;. The van der Waals surface area contributed by atoms with Gasteiger partial charge in [-0.3, -0.25) is 29.0 Å². The molecule has 6 unspecified atom stereocenters. The van der Waals surface area contributed by atoms with E-state index in [1.54, 1.807) is 16.2 Å². The maximum atomic E-state index is 13.6. The van der Waals surface area contributed by atoms with Crippen molar-refractivity contribution < 1.29 is 24.0 Å². The molecule has 2 N–H and O–H groups in total. The number of Topliss-reactive ketones (excluding diaryl/α,β-unsaturated/α-hetero) is 2. The zero-order valence-corrected chi connectivity index (χ0v) is 64.6. The molecule has 1 saturated carbocycles. The summed E-state index contributed by atoms with van der Waals surface area (Å²) in [4.78, 5) is 74.9. The molecule has 92 heavy (non-hydrogen) atoms. The second-order valence-corrected chi connectivity index (χ2v) is 27.0. The van der Waals surface area contributed by atoms with E-state index in [0.717, 1.165) is 88.9 Å². The average molecular weight is 1300 g/mol. The van der Waals surface area contributed by atoms with Crippen LogP contribution in [0.25, 0.3) is 10.4 Å². The highest BCUT2D eigenvalue weighted by molar-refractivity contribution is 7.13. The number of hydrogen-bond donors (Lipinski definition) is 2. The van der Waals surface area contributed by atoms with Gasteiger partial charge in [0, 0.05) is 30.8 Å². The zero-order chi connectivity index (χ0) is 71.5. The minimum atomic E-state index is -0.671. The lowest BCUT2D eigenvalue weighted by molar-refractivity contribution is -0.144. The summed E-state index contributed by atoms with van der Waals surface area (Å²) in [5, 5.41) is 6.05. The molecule has 6 atom stereocenters. The summed E-state index contributed by atoms with van der Waals surface area (Å²) < 4.78 is 0. The number of aryl methyl sites for hydroxylation is 3. The molecule has 1 aliphatic carbocycles. The summed E-state index contributed by atoms with van der Waals surface area (Å²) in [6.45, 7) is 55.5. The molecule has 0 bridgehead atoms. The van der Waals surface area contributed by atoms with Gasteiger partial charge in [-0.2, -0.15) is 0 Å². The Morgan fingerprint density at radius 3 is 1.68 bits per heavy atom. The lowest BCUT2D eigenvalue weighted by Crippen LogP contribution is -2.57. The van der Waals surface area contributed by atoms with Crippen molar-refractivity contribution in [1.29, 1.82) is 0 Å². The molecule has 0 spiro atoms. The van der Waals surface area contributed by atoms with Crippen LogP contribution in [0.4, 0.5) is 0 Å². The topological polar surface area (TPSA) is 138 Å². The minimum absolute atomic E-state index is 0.0130. The number of carbonyl (C=O) groups excluding carboxylic acids is 5. The quantitative estimate of drug-likeness (QED) is 0.0227. The monoisotopic (exact) mass is 1290 g/mol. The number of thiazole rings is 1. The number of carbonyl (C=O) groups is 5. The van der Waals surface area contributed by atoms with Crippen LogP contribution in [-0.4, -0.2) is 62.8 Å². The highest BCUT2D eigenvalue weighted by atomic mass is 32.1. The predicted octanol–water partition coefficient (Wildman–Crippen LogP) is 22.5. The number of amides is 3. The fourth-order valence-corrected chi connectivity index (χ4v) is 10.4. The van der Waals surface area contributed by atoms with Crippen LogP contribution in [0, 0.1) is 62.7 Å². The molecule has 3 heterocycles. The third-order valence-electron chi connectivity index (χ3n) is 16.4. The van der Waals surface area contributed by atoms with Crippen molar-refractivity contribution in [2.75, 3.05) is 6.54 Å². The molecular formula is C81H139N5O5S. The molecule has 0 radical (unpaired) electrons. The number of nitrogens with one attached hydrogen (secondary N) is 2. The Balaban J connectivity index is -0.000000574. The van der Waals surface area contributed by atoms with Crippen LogP contribution in [0.1, 0.15) is 309 Å². The summed E-state index contributed by atoms with van der Waals surface area (Å²) in [5.41, 5.74) is 10.5. The summed E-state index contributed by atoms with van der Waals surface area (Å²) >= 11 is 1.61. The van der Waals surface area contributed by atoms with Gasteiger partial charge in [-0.05, 0) is 144 Å². The Labute approximate surface area is 571 Å². The van der Waals surface area contributed by atoms with Crippen LogP contribution in [0.2, 0.25) is 0 Å². The summed E-state index contributed by atoms with van der Waals surface area (Å²) in [6.07, 6.45) is 34.8. The van der Waals surface area contributed by atoms with Crippen LogP contribution < -0.4 is 10.6 Å². The van der Waals surface area contributed by atoms with Crippen molar-refractivity contribution in [2.24, 2.45) is 29.1 Å². The van der Waals surface area contributed by atoms with E-state index in [1.165, 1.54) is 95.1 Å². The number of aromatic nitrogens is 2. The van der Waals surface area contributed by atoms with Gasteiger partial charge < -0.3 is 15.5 Å². The highest BCUT2D eigenvalue weighted by Crippen LogP contribution is 2.30. The summed E-state index contributed by atoms with van der Waals surface area (Å²) in [7, 11) is 0. The summed E-state index contributed by atoms with van der Waals surface area (Å²) in [6, 6.07) is 10.8. The predicted molar refractivity (Wildman–Crippen MR) is 402 cm³/mol. The minimum Gasteiger partial charge on any atom is -0.348 e. The Bertz CT molecular complexity index is 2480. The number of unbranched alkanes of at least 4 members (excludes halogenated alkanes) is 3. The van der Waals surface area contributed by atoms with Crippen molar-refractivity contribution in [2.45, 2.75) is 320 Å². The number of benzene rings is 1. The van der Waals surface area contributed by atoms with Crippen molar-refractivity contribution in [3.05, 3.63) is 106 Å². The molecule has 1 aromatic carbocycles. The first-order valence-corrected chi connectivity index (χ1v) is 36.6. The van der Waals surface area contributed by atoms with E-state index < -0.39 is 17.5 Å². The van der Waals surface area contributed by atoms with E-state index in [0.29, 0.717) is 30.9 Å². The van der Waals surface area contributed by atoms with E-state index >= 15 is 0 Å². The molecule has 2 aliphatic rings. The molecule has 2 fully saturated rings. The van der Waals surface area contributed by atoms with E-state index in [-0.39, 0.29) is 41.2 Å². The zero-order valence-electron chi connectivity index (χ0n) is 63.7. The van der Waals surface area contributed by atoms with Crippen LogP contribution >= 0.6 is 11.3 Å². The van der Waals surface area contributed by atoms with Crippen LogP contribution in [-0.2, 0) is 24.0 Å². The number of ketones is 2. The molecule has 2 aromatic heterocycles. The normalized spacial score (nSPS) is 15.1. The van der Waals surface area contributed by atoms with E-state index in [1.807, 2.05) is 120 Å². The van der Waals surface area contributed by atoms with Gasteiger partial charge in [0.1, 0.15) is 12.1 Å². The van der Waals surface area contributed by atoms with Crippen LogP contribution in [0.3, 0.4) is 0 Å². The first-order chi connectivity index (χ1) is 43.5. The Hall–Kier alpha value is -5.47. The van der Waals surface area contributed by atoms with Crippen molar-refractivity contribution >= 4 is 40.6 Å². The molecule has 1 saturated heterocycles. The maximum Gasteiger partial charge on any atom is 0.246 e. The molecule has 1 aliphatic heterocycles. The molecule has 3 aromatic rings. The van der Waals surface area contributed by atoms with Gasteiger partial charge in [0.2, 0.25) is 17.7 Å². The van der Waals surface area contributed by atoms with Crippen molar-refractivity contribution in [3.8, 4) is 23.3 Å². The second kappa shape index (κ2) is 55.9. The third-order valence-corrected chi connectivity index (χ3v) is 17.4. The van der Waals surface area contributed by atoms with Gasteiger partial charge in [0.25, 0.3) is 0 Å². The van der Waals surface area contributed by atoms with Gasteiger partial charge >= 0.3 is 0 Å². The van der Waals surface area contributed by atoms with Crippen LogP contribution in [0.15, 0.2) is 83.1 Å². The SMILES string of the molecule is C#C.C=C(C)CCC.CC.CC1CCCC1.CCC(=C\C(C)CC)/C(C)=C(/C(C)=O)C(=O)C(C)CC.CCCC.CCCCC(=O)NC(C(=O)N1CCCC1C(=O)NC(C)c1ccc(-c2scnc2C)cc1)C(C)(C)C.CCCCC(C)CC.Cc1ccc(C)nc1. The number of hydrogen-bond acceptors (Lipinski definition) is 8. The molecule has 524 valence electrons. The first-order valence-electron chi connectivity index (χ1n) is 35.7. The largest absolute Gasteiger partial charge is 0.348 e.